The third-order valence-electron chi connectivity index (χ3n) is 5.36. The number of hydrogen-bond acceptors (Lipinski definition) is 4. The van der Waals surface area contributed by atoms with E-state index in [0.29, 0.717) is 10.0 Å². The van der Waals surface area contributed by atoms with Crippen LogP contribution in [0.4, 0.5) is 10.5 Å². The molecule has 0 aliphatic carbocycles. The summed E-state index contributed by atoms with van der Waals surface area (Å²) >= 11 is 12.5. The van der Waals surface area contributed by atoms with Crippen molar-refractivity contribution in [2.75, 3.05) is 37.6 Å². The van der Waals surface area contributed by atoms with E-state index in [4.69, 9.17) is 23.2 Å². The van der Waals surface area contributed by atoms with Crippen LogP contribution in [0.5, 0.6) is 0 Å². The summed E-state index contributed by atoms with van der Waals surface area (Å²) in [5.41, 5.74) is 1.03. The number of aromatic nitrogens is 2. The molecule has 0 radical (unpaired) electrons. The van der Waals surface area contributed by atoms with E-state index < -0.39 is 0 Å². The average molecular weight is 438 g/mol. The number of nitrogens with zero attached hydrogens (tertiary/aromatic N) is 4. The Morgan fingerprint density at radius 2 is 1.97 bits per heavy atom. The number of carbonyl (C=O) groups excluding carboxylic acids is 1. The van der Waals surface area contributed by atoms with Gasteiger partial charge in [0, 0.05) is 44.6 Å². The highest BCUT2D eigenvalue weighted by atomic mass is 35.5. The first-order valence-corrected chi connectivity index (χ1v) is 11.0. The molecule has 1 aromatic carbocycles. The molecule has 1 aliphatic rings. The number of amides is 1. The van der Waals surface area contributed by atoms with Crippen LogP contribution in [-0.4, -0.2) is 59.2 Å². The van der Waals surface area contributed by atoms with E-state index in [2.05, 4.69) is 27.0 Å². The molecule has 0 bridgehead atoms. The van der Waals surface area contributed by atoms with E-state index in [1.165, 1.54) is 23.7 Å². The van der Waals surface area contributed by atoms with Gasteiger partial charge in [-0.25, -0.2) is 9.78 Å². The van der Waals surface area contributed by atoms with E-state index in [0.717, 1.165) is 51.3 Å². The van der Waals surface area contributed by atoms with Crippen molar-refractivity contribution in [1.29, 1.82) is 0 Å². The number of halogens is 2. The van der Waals surface area contributed by atoms with Gasteiger partial charge in [-0.15, -0.1) is 0 Å². The monoisotopic (exact) mass is 437 g/mol. The predicted octanol–water partition coefficient (Wildman–Crippen LogP) is 4.52. The van der Waals surface area contributed by atoms with E-state index >= 15 is 0 Å². The molecule has 158 valence electrons. The normalized spacial score (nSPS) is 16.0. The van der Waals surface area contributed by atoms with Crippen molar-refractivity contribution < 1.29 is 4.79 Å². The number of rotatable bonds is 8. The fraction of sp³-hybridized carbons (Fsp3) is 0.524. The summed E-state index contributed by atoms with van der Waals surface area (Å²) < 4.78 is 1.46. The van der Waals surface area contributed by atoms with Gasteiger partial charge >= 0.3 is 6.03 Å². The molecule has 6 nitrogen and oxygen atoms in total. The molecule has 1 saturated heterocycles. The third kappa shape index (κ3) is 6.36. The Morgan fingerprint density at radius 3 is 2.69 bits per heavy atom. The predicted molar refractivity (Wildman–Crippen MR) is 119 cm³/mol. The number of nitrogens with one attached hydrogen (secondary N) is 1. The molecule has 1 aliphatic heterocycles. The molecule has 1 unspecified atom stereocenters. The summed E-state index contributed by atoms with van der Waals surface area (Å²) in [6, 6.07) is 5.86. The van der Waals surface area contributed by atoms with Crippen molar-refractivity contribution in [3.05, 3.63) is 47.0 Å². The van der Waals surface area contributed by atoms with Crippen molar-refractivity contribution in [1.82, 2.24) is 19.8 Å². The van der Waals surface area contributed by atoms with Crippen LogP contribution in [0.2, 0.25) is 10.0 Å². The number of unbranched alkanes of at least 4 members (excludes halogenated alkanes) is 2. The molecule has 1 amide bonds. The topological polar surface area (TPSA) is 53.4 Å². The van der Waals surface area contributed by atoms with Crippen LogP contribution < -0.4 is 10.2 Å². The summed E-state index contributed by atoms with van der Waals surface area (Å²) in [6.07, 6.45) is 9.23. The Bertz CT molecular complexity index is 775. The SMILES string of the molecule is CC(CCCCCN1CCN(c2cccc(Cl)c2Cl)CC1)NC(=O)n1ccnc1. The number of hydrogen-bond donors (Lipinski definition) is 1. The lowest BCUT2D eigenvalue weighted by Crippen LogP contribution is -2.46. The fourth-order valence-corrected chi connectivity index (χ4v) is 4.06. The van der Waals surface area contributed by atoms with Crippen LogP contribution in [-0.2, 0) is 0 Å². The fourth-order valence-electron chi connectivity index (χ4n) is 3.65. The maximum atomic E-state index is 12.0. The highest BCUT2D eigenvalue weighted by Gasteiger charge is 2.19. The maximum Gasteiger partial charge on any atom is 0.327 e. The van der Waals surface area contributed by atoms with Crippen molar-refractivity contribution in [2.45, 2.75) is 38.6 Å². The van der Waals surface area contributed by atoms with Gasteiger partial charge in [0.25, 0.3) is 0 Å². The zero-order valence-electron chi connectivity index (χ0n) is 16.9. The second kappa shape index (κ2) is 10.9. The summed E-state index contributed by atoms with van der Waals surface area (Å²) in [7, 11) is 0. The molecule has 1 aromatic heterocycles. The number of piperazine rings is 1. The first-order chi connectivity index (χ1) is 14.0. The van der Waals surface area contributed by atoms with Crippen LogP contribution in [0, 0.1) is 0 Å². The molecule has 1 N–H and O–H groups in total. The zero-order chi connectivity index (χ0) is 20.6. The molecule has 2 aromatic rings. The largest absolute Gasteiger partial charge is 0.368 e. The Labute approximate surface area is 182 Å². The van der Waals surface area contributed by atoms with Crippen molar-refractivity contribution >= 4 is 34.9 Å². The third-order valence-corrected chi connectivity index (χ3v) is 6.17. The minimum absolute atomic E-state index is 0.118. The first kappa shape index (κ1) is 21.9. The van der Waals surface area contributed by atoms with Gasteiger partial charge in [-0.3, -0.25) is 9.47 Å². The Balaban J connectivity index is 1.28. The molecular weight excluding hydrogens is 409 g/mol. The highest BCUT2D eigenvalue weighted by molar-refractivity contribution is 6.43. The minimum Gasteiger partial charge on any atom is -0.368 e. The molecule has 0 saturated carbocycles. The van der Waals surface area contributed by atoms with Gasteiger partial charge in [0.05, 0.1) is 15.7 Å². The average Bonchev–Trinajstić information content (AvgIpc) is 3.25. The molecule has 8 heteroatoms. The van der Waals surface area contributed by atoms with E-state index in [1.54, 1.807) is 12.4 Å². The summed E-state index contributed by atoms with van der Waals surface area (Å²) in [4.78, 5) is 20.7. The molecule has 1 fully saturated rings. The van der Waals surface area contributed by atoms with Crippen molar-refractivity contribution in [3.63, 3.8) is 0 Å². The van der Waals surface area contributed by atoms with Crippen molar-refractivity contribution in [3.8, 4) is 0 Å². The van der Waals surface area contributed by atoms with Gasteiger partial charge in [-0.05, 0) is 38.4 Å². The van der Waals surface area contributed by atoms with E-state index in [-0.39, 0.29) is 12.1 Å². The van der Waals surface area contributed by atoms with Gasteiger partial charge in [-0.1, -0.05) is 42.1 Å². The number of anilines is 1. The second-order valence-electron chi connectivity index (χ2n) is 7.57. The Morgan fingerprint density at radius 1 is 1.17 bits per heavy atom. The molecule has 0 spiro atoms. The van der Waals surface area contributed by atoms with E-state index in [9.17, 15) is 4.79 Å². The van der Waals surface area contributed by atoms with Crippen molar-refractivity contribution in [2.24, 2.45) is 0 Å². The van der Waals surface area contributed by atoms with Gasteiger partial charge in [-0.2, -0.15) is 0 Å². The van der Waals surface area contributed by atoms with Gasteiger partial charge in [0.2, 0.25) is 0 Å². The van der Waals surface area contributed by atoms with Gasteiger partial charge in [0.15, 0.2) is 0 Å². The Hall–Kier alpha value is -1.76. The zero-order valence-corrected chi connectivity index (χ0v) is 18.4. The van der Waals surface area contributed by atoms with Crippen LogP contribution >= 0.6 is 23.2 Å². The van der Waals surface area contributed by atoms with Crippen LogP contribution in [0.15, 0.2) is 36.9 Å². The molecule has 3 rings (SSSR count). The Kier molecular flexibility index (Phi) is 8.21. The molecule has 29 heavy (non-hydrogen) atoms. The molecule has 2 heterocycles. The lowest BCUT2D eigenvalue weighted by molar-refractivity contribution is 0.237. The van der Waals surface area contributed by atoms with Gasteiger partial charge < -0.3 is 10.2 Å². The first-order valence-electron chi connectivity index (χ1n) is 10.2. The summed E-state index contributed by atoms with van der Waals surface area (Å²) in [6.45, 7) is 7.19. The summed E-state index contributed by atoms with van der Waals surface area (Å²) in [5.74, 6) is 0. The van der Waals surface area contributed by atoms with Crippen LogP contribution in [0.3, 0.4) is 0 Å². The highest BCUT2D eigenvalue weighted by Crippen LogP contribution is 2.32. The maximum absolute atomic E-state index is 12.0. The number of imidazole rings is 1. The number of benzene rings is 1. The lowest BCUT2D eigenvalue weighted by Gasteiger charge is -2.36. The van der Waals surface area contributed by atoms with Crippen LogP contribution in [0.25, 0.3) is 0 Å². The number of carbonyl (C=O) groups is 1. The smallest absolute Gasteiger partial charge is 0.327 e. The lowest BCUT2D eigenvalue weighted by atomic mass is 10.1. The summed E-state index contributed by atoms with van der Waals surface area (Å²) in [5, 5.41) is 4.26. The molecule has 1 atom stereocenters. The standard InChI is InChI=1S/C21H29Cl2N5O/c1-17(25-21(29)28-11-9-24-16-28)6-3-2-4-10-26-12-14-27(15-13-26)19-8-5-7-18(22)20(19)23/h5,7-9,11,16-17H,2-4,6,10,12-15H2,1H3,(H,25,29). The molecular formula is C21H29Cl2N5O. The van der Waals surface area contributed by atoms with Crippen LogP contribution in [0.1, 0.15) is 32.6 Å². The quantitative estimate of drug-likeness (QED) is 0.616. The second-order valence-corrected chi connectivity index (χ2v) is 8.36. The van der Waals surface area contributed by atoms with Gasteiger partial charge in [0.1, 0.15) is 6.33 Å². The van der Waals surface area contributed by atoms with E-state index in [1.807, 2.05) is 18.2 Å². The minimum atomic E-state index is -0.118.